The van der Waals surface area contributed by atoms with E-state index in [1.54, 1.807) is 13.4 Å². The van der Waals surface area contributed by atoms with Crippen LogP contribution in [0.2, 0.25) is 0 Å². The van der Waals surface area contributed by atoms with Crippen molar-refractivity contribution in [3.63, 3.8) is 0 Å². The van der Waals surface area contributed by atoms with Crippen LogP contribution in [0.1, 0.15) is 11.3 Å². The number of H-pyrrole nitrogens is 1. The third-order valence-corrected chi connectivity index (χ3v) is 2.89. The van der Waals surface area contributed by atoms with Gasteiger partial charge in [-0.2, -0.15) is 0 Å². The van der Waals surface area contributed by atoms with Crippen LogP contribution < -0.4 is 10.1 Å². The van der Waals surface area contributed by atoms with Crippen LogP contribution in [0.25, 0.3) is 11.6 Å². The average Bonchev–Trinajstić information content (AvgIpc) is 2.99. The van der Waals surface area contributed by atoms with Crippen molar-refractivity contribution in [1.29, 1.82) is 0 Å². The van der Waals surface area contributed by atoms with E-state index in [1.165, 1.54) is 11.1 Å². The Bertz CT molecular complexity index is 558. The molecule has 86 valence electrons. The summed E-state index contributed by atoms with van der Waals surface area (Å²) >= 11 is 0. The Hall–Kier alpha value is -2.23. The molecule has 4 nitrogen and oxygen atoms in total. The van der Waals surface area contributed by atoms with Crippen molar-refractivity contribution in [2.24, 2.45) is 0 Å². The number of methoxy groups -OCH3 is 1. The number of aromatic amines is 1. The van der Waals surface area contributed by atoms with E-state index in [0.29, 0.717) is 0 Å². The highest BCUT2D eigenvalue weighted by atomic mass is 16.5. The molecule has 0 amide bonds. The van der Waals surface area contributed by atoms with Crippen LogP contribution in [0.5, 0.6) is 5.75 Å². The van der Waals surface area contributed by atoms with Gasteiger partial charge >= 0.3 is 0 Å². The fraction of sp³-hybridized carbons (Fsp3) is 0.154. The molecule has 3 rings (SSSR count). The van der Waals surface area contributed by atoms with Gasteiger partial charge in [0.1, 0.15) is 5.75 Å². The summed E-state index contributed by atoms with van der Waals surface area (Å²) in [6.07, 6.45) is 5.59. The minimum atomic E-state index is 0.835. The highest BCUT2D eigenvalue weighted by Gasteiger charge is 2.16. The first kappa shape index (κ1) is 9.96. The lowest BCUT2D eigenvalue weighted by molar-refractivity contribution is 0.415. The van der Waals surface area contributed by atoms with Crippen molar-refractivity contribution < 1.29 is 4.74 Å². The number of benzene rings is 1. The van der Waals surface area contributed by atoms with Crippen molar-refractivity contribution in [2.75, 3.05) is 19.0 Å². The number of nitrogens with zero attached hydrogens (tertiary/aromatic N) is 1. The maximum absolute atomic E-state index is 5.25. The van der Waals surface area contributed by atoms with Gasteiger partial charge < -0.3 is 15.0 Å². The van der Waals surface area contributed by atoms with Gasteiger partial charge in [0.05, 0.1) is 25.3 Å². The van der Waals surface area contributed by atoms with Crippen LogP contribution in [-0.2, 0) is 0 Å². The highest BCUT2D eigenvalue weighted by Crippen LogP contribution is 2.34. The molecule has 2 aromatic rings. The van der Waals surface area contributed by atoms with Gasteiger partial charge in [-0.1, -0.05) is 0 Å². The summed E-state index contributed by atoms with van der Waals surface area (Å²) in [5.41, 5.74) is 4.59. The van der Waals surface area contributed by atoms with E-state index in [2.05, 4.69) is 27.4 Å². The molecule has 0 aliphatic carbocycles. The van der Waals surface area contributed by atoms with Crippen molar-refractivity contribution in [3.8, 4) is 5.75 Å². The lowest BCUT2D eigenvalue weighted by Crippen LogP contribution is -1.91. The molecule has 17 heavy (non-hydrogen) atoms. The molecule has 0 fully saturated rings. The summed E-state index contributed by atoms with van der Waals surface area (Å²) in [4.78, 5) is 7.09. The summed E-state index contributed by atoms with van der Waals surface area (Å²) in [6.45, 7) is 0.835. The molecule has 0 saturated heterocycles. The number of ether oxygens (including phenoxy) is 1. The molecular formula is C13H13N3O. The van der Waals surface area contributed by atoms with Gasteiger partial charge in [0.2, 0.25) is 0 Å². The number of hydrogen-bond acceptors (Lipinski definition) is 3. The number of nitrogens with one attached hydrogen (secondary N) is 2. The molecule has 0 saturated carbocycles. The number of anilines is 1. The molecule has 0 bridgehead atoms. The van der Waals surface area contributed by atoms with Crippen molar-refractivity contribution in [3.05, 3.63) is 42.0 Å². The zero-order valence-electron chi connectivity index (χ0n) is 9.53. The van der Waals surface area contributed by atoms with E-state index in [0.717, 1.165) is 23.7 Å². The Morgan fingerprint density at radius 1 is 1.41 bits per heavy atom. The monoisotopic (exact) mass is 227 g/mol. The van der Waals surface area contributed by atoms with Crippen LogP contribution in [0.3, 0.4) is 0 Å². The topological polar surface area (TPSA) is 49.9 Å². The molecule has 0 radical (unpaired) electrons. The smallest absolute Gasteiger partial charge is 0.119 e. The molecule has 0 spiro atoms. The van der Waals surface area contributed by atoms with Crippen molar-refractivity contribution in [2.45, 2.75) is 0 Å². The third kappa shape index (κ3) is 1.78. The number of aromatic nitrogens is 2. The minimum Gasteiger partial charge on any atom is -0.497 e. The zero-order chi connectivity index (χ0) is 11.7. The summed E-state index contributed by atoms with van der Waals surface area (Å²) in [7, 11) is 1.68. The molecule has 0 unspecified atom stereocenters. The highest BCUT2D eigenvalue weighted by molar-refractivity contribution is 5.92. The molecular weight excluding hydrogens is 214 g/mol. The number of rotatable bonds is 2. The SMILES string of the molecule is COc1ccc2c(c1)/C(=C/c1cnc[nH]1)CN2. The Morgan fingerprint density at radius 3 is 3.12 bits per heavy atom. The van der Waals surface area contributed by atoms with Crippen LogP contribution in [0.4, 0.5) is 5.69 Å². The lowest BCUT2D eigenvalue weighted by atomic mass is 10.1. The van der Waals surface area contributed by atoms with Crippen LogP contribution in [0.15, 0.2) is 30.7 Å². The first-order valence-electron chi connectivity index (χ1n) is 5.48. The van der Waals surface area contributed by atoms with Crippen LogP contribution in [-0.4, -0.2) is 23.6 Å². The van der Waals surface area contributed by atoms with E-state index >= 15 is 0 Å². The van der Waals surface area contributed by atoms with Gasteiger partial charge in [-0.15, -0.1) is 0 Å². The second kappa shape index (κ2) is 3.97. The Kier molecular flexibility index (Phi) is 2.33. The third-order valence-electron chi connectivity index (χ3n) is 2.89. The van der Waals surface area contributed by atoms with Crippen LogP contribution in [0, 0.1) is 0 Å². The summed E-state index contributed by atoms with van der Waals surface area (Å²) < 4.78 is 5.25. The van der Waals surface area contributed by atoms with E-state index < -0.39 is 0 Å². The Balaban J connectivity index is 2.02. The van der Waals surface area contributed by atoms with Gasteiger partial charge in [-0.25, -0.2) is 4.98 Å². The predicted molar refractivity (Wildman–Crippen MR) is 67.9 cm³/mol. The fourth-order valence-electron chi connectivity index (χ4n) is 2.02. The van der Waals surface area contributed by atoms with Crippen molar-refractivity contribution >= 4 is 17.3 Å². The summed E-state index contributed by atoms with van der Waals surface area (Å²) in [5.74, 6) is 0.878. The van der Waals surface area contributed by atoms with Gasteiger partial charge in [0.15, 0.2) is 0 Å². The molecule has 1 aliphatic rings. The minimum absolute atomic E-state index is 0.835. The number of fused-ring (bicyclic) bond motifs is 1. The second-order valence-corrected chi connectivity index (χ2v) is 3.94. The zero-order valence-corrected chi connectivity index (χ0v) is 9.53. The molecule has 1 aromatic carbocycles. The Morgan fingerprint density at radius 2 is 2.35 bits per heavy atom. The van der Waals surface area contributed by atoms with E-state index in [9.17, 15) is 0 Å². The summed E-state index contributed by atoms with van der Waals surface area (Å²) in [5, 5.41) is 3.36. The van der Waals surface area contributed by atoms with Gasteiger partial charge in [-0.05, 0) is 29.8 Å². The first-order valence-corrected chi connectivity index (χ1v) is 5.48. The van der Waals surface area contributed by atoms with E-state index in [-0.39, 0.29) is 0 Å². The molecule has 4 heteroatoms. The maximum Gasteiger partial charge on any atom is 0.119 e. The van der Waals surface area contributed by atoms with Gasteiger partial charge in [0.25, 0.3) is 0 Å². The fourth-order valence-corrected chi connectivity index (χ4v) is 2.02. The number of hydrogen-bond donors (Lipinski definition) is 2. The van der Waals surface area contributed by atoms with Gasteiger partial charge in [0, 0.05) is 17.8 Å². The number of imidazole rings is 1. The normalized spacial score (nSPS) is 15.7. The summed E-state index contributed by atoms with van der Waals surface area (Å²) in [6, 6.07) is 6.06. The molecule has 1 aliphatic heterocycles. The Labute approximate surface area is 99.3 Å². The standard InChI is InChI=1S/C13H13N3O/c1-17-11-2-3-13-12(5-11)9(6-15-13)4-10-7-14-8-16-10/h2-5,7-8,15H,6H2,1H3,(H,14,16)/b9-4+. The van der Waals surface area contributed by atoms with Crippen molar-refractivity contribution in [1.82, 2.24) is 9.97 Å². The first-order chi connectivity index (χ1) is 8.36. The molecule has 2 N–H and O–H groups in total. The molecule has 2 heterocycles. The van der Waals surface area contributed by atoms with Gasteiger partial charge in [-0.3, -0.25) is 0 Å². The second-order valence-electron chi connectivity index (χ2n) is 3.94. The molecule has 0 atom stereocenters. The maximum atomic E-state index is 5.25. The molecule has 1 aromatic heterocycles. The quantitative estimate of drug-likeness (QED) is 0.828. The lowest BCUT2D eigenvalue weighted by Gasteiger charge is -2.03. The van der Waals surface area contributed by atoms with Crippen LogP contribution >= 0.6 is 0 Å². The van der Waals surface area contributed by atoms with E-state index in [4.69, 9.17) is 4.74 Å². The van der Waals surface area contributed by atoms with E-state index in [1.807, 2.05) is 18.3 Å². The average molecular weight is 227 g/mol. The largest absolute Gasteiger partial charge is 0.497 e. The predicted octanol–water partition coefficient (Wildman–Crippen LogP) is 2.38.